The van der Waals surface area contributed by atoms with Gasteiger partial charge in [-0.3, -0.25) is 0 Å². The van der Waals surface area contributed by atoms with Crippen LogP contribution in [0.5, 0.6) is 0 Å². The van der Waals surface area contributed by atoms with E-state index in [1.54, 1.807) is 10.9 Å². The Labute approximate surface area is 145 Å². The van der Waals surface area contributed by atoms with Crippen LogP contribution >= 0.6 is 0 Å². The number of benzene rings is 1. The first-order valence-corrected chi connectivity index (χ1v) is 8.40. The molecule has 1 atom stereocenters. The molecule has 8 nitrogen and oxygen atoms in total. The molecule has 3 heterocycles. The van der Waals surface area contributed by atoms with Crippen molar-refractivity contribution < 1.29 is 0 Å². The summed E-state index contributed by atoms with van der Waals surface area (Å²) in [6, 6.07) is 8.15. The van der Waals surface area contributed by atoms with Gasteiger partial charge in [-0.2, -0.15) is 9.67 Å². The minimum Gasteiger partial charge on any atom is -0.352 e. The molecule has 0 fully saturated rings. The van der Waals surface area contributed by atoms with Gasteiger partial charge in [-0.25, -0.2) is 4.98 Å². The number of para-hydroxylation sites is 2. The van der Waals surface area contributed by atoms with Crippen molar-refractivity contribution in [2.24, 2.45) is 5.92 Å². The fourth-order valence-electron chi connectivity index (χ4n) is 3.11. The van der Waals surface area contributed by atoms with Crippen LogP contribution in [-0.2, 0) is 0 Å². The highest BCUT2D eigenvalue weighted by Gasteiger charge is 2.23. The van der Waals surface area contributed by atoms with Crippen molar-refractivity contribution in [3.63, 3.8) is 0 Å². The topological polar surface area (TPSA) is 93.4 Å². The van der Waals surface area contributed by atoms with Crippen LogP contribution in [0.4, 0.5) is 17.5 Å². The lowest BCUT2D eigenvalue weighted by atomic mass is 10.1. The minimum atomic E-state index is 0.293. The number of aromatic nitrogens is 6. The van der Waals surface area contributed by atoms with Crippen molar-refractivity contribution >= 4 is 17.5 Å². The molecule has 1 aliphatic rings. The van der Waals surface area contributed by atoms with Gasteiger partial charge in [0.2, 0.25) is 5.95 Å². The second-order valence-electron chi connectivity index (χ2n) is 6.69. The third-order valence-corrected chi connectivity index (χ3v) is 4.08. The molecule has 0 saturated carbocycles. The average molecular weight is 336 g/mol. The molecule has 0 spiro atoms. The van der Waals surface area contributed by atoms with Gasteiger partial charge in [0.15, 0.2) is 5.82 Å². The van der Waals surface area contributed by atoms with Gasteiger partial charge < -0.3 is 10.6 Å². The van der Waals surface area contributed by atoms with E-state index in [2.05, 4.69) is 56.9 Å². The van der Waals surface area contributed by atoms with Crippen LogP contribution in [-0.4, -0.2) is 36.2 Å². The Morgan fingerprint density at radius 1 is 1.20 bits per heavy atom. The van der Waals surface area contributed by atoms with Gasteiger partial charge in [-0.1, -0.05) is 26.0 Å². The second-order valence-corrected chi connectivity index (χ2v) is 6.69. The number of anilines is 3. The predicted molar refractivity (Wildman–Crippen MR) is 96.0 cm³/mol. The smallest absolute Gasteiger partial charge is 0.224 e. The molecule has 1 aromatic carbocycles. The van der Waals surface area contributed by atoms with Gasteiger partial charge in [0.25, 0.3) is 0 Å². The first-order valence-electron chi connectivity index (χ1n) is 8.40. The third-order valence-electron chi connectivity index (χ3n) is 4.08. The summed E-state index contributed by atoms with van der Waals surface area (Å²) in [5.41, 5.74) is 2.54. The molecule has 128 valence electrons. The van der Waals surface area contributed by atoms with Gasteiger partial charge in [-0.15, -0.1) is 5.10 Å². The van der Waals surface area contributed by atoms with E-state index in [1.165, 1.54) is 0 Å². The van der Waals surface area contributed by atoms with Crippen LogP contribution in [0.25, 0.3) is 17.1 Å². The molecule has 0 amide bonds. The molecule has 1 aliphatic heterocycles. The molecule has 8 heteroatoms. The van der Waals surface area contributed by atoms with Crippen LogP contribution in [0.1, 0.15) is 27.2 Å². The zero-order valence-electron chi connectivity index (χ0n) is 14.4. The highest BCUT2D eigenvalue weighted by atomic mass is 15.5. The van der Waals surface area contributed by atoms with Crippen molar-refractivity contribution in [2.45, 2.75) is 33.2 Å². The van der Waals surface area contributed by atoms with Gasteiger partial charge in [0.05, 0.1) is 16.9 Å². The largest absolute Gasteiger partial charge is 0.352 e. The molecule has 1 unspecified atom stereocenters. The number of nitrogens with zero attached hydrogens (tertiary/aromatic N) is 6. The molecule has 0 aliphatic carbocycles. The van der Waals surface area contributed by atoms with E-state index in [4.69, 9.17) is 0 Å². The zero-order valence-corrected chi connectivity index (χ0v) is 14.4. The van der Waals surface area contributed by atoms with E-state index in [1.807, 2.05) is 24.3 Å². The van der Waals surface area contributed by atoms with E-state index in [0.717, 1.165) is 23.4 Å². The van der Waals surface area contributed by atoms with Gasteiger partial charge in [0, 0.05) is 12.2 Å². The number of rotatable bonds is 4. The van der Waals surface area contributed by atoms with Crippen molar-refractivity contribution in [1.82, 2.24) is 30.2 Å². The maximum absolute atomic E-state index is 4.66. The number of nitrogens with one attached hydrogen (secondary N) is 2. The van der Waals surface area contributed by atoms with Crippen molar-refractivity contribution in [3.8, 4) is 17.1 Å². The van der Waals surface area contributed by atoms with Gasteiger partial charge in [-0.05, 0) is 41.8 Å². The standard InChI is InChI=1S/C17H20N8/c1-10(2)8-11(3)19-17-18-9-12-15(21-17)20-13-6-4-5-7-14(13)25-16(12)22-23-24-25/h4-7,9-11H,8H2,1-3H3,(H2,18,19,20,21). The highest BCUT2D eigenvalue weighted by Crippen LogP contribution is 2.35. The lowest BCUT2D eigenvalue weighted by Gasteiger charge is -2.16. The quantitative estimate of drug-likeness (QED) is 0.591. The average Bonchev–Trinajstić information content (AvgIpc) is 2.99. The predicted octanol–water partition coefficient (Wildman–Crippen LogP) is 3.02. The SMILES string of the molecule is CC(C)CC(C)Nc1ncc2c(n1)Nc1ccccc1-n1nnnc1-2. The summed E-state index contributed by atoms with van der Waals surface area (Å²) < 4.78 is 1.70. The van der Waals surface area contributed by atoms with Crippen LogP contribution in [0.15, 0.2) is 30.5 Å². The minimum absolute atomic E-state index is 0.293. The summed E-state index contributed by atoms with van der Waals surface area (Å²) in [5.74, 6) is 2.51. The molecule has 0 radical (unpaired) electrons. The summed E-state index contributed by atoms with van der Waals surface area (Å²) in [6.45, 7) is 6.54. The Morgan fingerprint density at radius 3 is 2.88 bits per heavy atom. The summed E-state index contributed by atoms with van der Waals surface area (Å²) >= 11 is 0. The molecular weight excluding hydrogens is 316 g/mol. The van der Waals surface area contributed by atoms with E-state index < -0.39 is 0 Å². The third kappa shape index (κ3) is 2.90. The van der Waals surface area contributed by atoms with Crippen LogP contribution < -0.4 is 10.6 Å². The summed E-state index contributed by atoms with van der Waals surface area (Å²) in [4.78, 5) is 9.11. The van der Waals surface area contributed by atoms with Crippen LogP contribution in [0.3, 0.4) is 0 Å². The highest BCUT2D eigenvalue weighted by molar-refractivity contribution is 5.81. The van der Waals surface area contributed by atoms with Crippen LogP contribution in [0, 0.1) is 5.92 Å². The molecule has 2 N–H and O–H groups in total. The fraction of sp³-hybridized carbons (Fsp3) is 0.353. The molecule has 2 aromatic heterocycles. The number of tetrazole rings is 1. The van der Waals surface area contributed by atoms with Crippen molar-refractivity contribution in [1.29, 1.82) is 0 Å². The number of hydrogen-bond acceptors (Lipinski definition) is 7. The Hall–Kier alpha value is -3.03. The summed E-state index contributed by atoms with van der Waals surface area (Å²) in [6.07, 6.45) is 2.81. The van der Waals surface area contributed by atoms with Crippen molar-refractivity contribution in [2.75, 3.05) is 10.6 Å². The Morgan fingerprint density at radius 2 is 2.04 bits per heavy atom. The van der Waals surface area contributed by atoms with Gasteiger partial charge in [0.1, 0.15) is 5.82 Å². The molecule has 3 aromatic rings. The number of hydrogen-bond donors (Lipinski definition) is 2. The molecule has 0 saturated heterocycles. The zero-order chi connectivity index (χ0) is 17.4. The fourth-order valence-corrected chi connectivity index (χ4v) is 3.11. The lowest BCUT2D eigenvalue weighted by Crippen LogP contribution is -2.19. The van der Waals surface area contributed by atoms with Crippen LogP contribution in [0.2, 0.25) is 0 Å². The van der Waals surface area contributed by atoms with E-state index in [9.17, 15) is 0 Å². The Kier molecular flexibility index (Phi) is 3.79. The first-order chi connectivity index (χ1) is 12.1. The van der Waals surface area contributed by atoms with E-state index in [0.29, 0.717) is 29.6 Å². The molecule has 0 bridgehead atoms. The van der Waals surface area contributed by atoms with Gasteiger partial charge >= 0.3 is 0 Å². The molecular formula is C17H20N8. The monoisotopic (exact) mass is 336 g/mol. The van der Waals surface area contributed by atoms with E-state index in [-0.39, 0.29) is 0 Å². The maximum Gasteiger partial charge on any atom is 0.224 e. The Bertz CT molecular complexity index is 901. The van der Waals surface area contributed by atoms with Crippen molar-refractivity contribution in [3.05, 3.63) is 30.5 Å². The second kappa shape index (κ2) is 6.12. The normalized spacial score (nSPS) is 13.3. The summed E-state index contributed by atoms with van der Waals surface area (Å²) in [7, 11) is 0. The Balaban J connectivity index is 1.74. The molecule has 4 rings (SSSR count). The first kappa shape index (κ1) is 15.5. The van der Waals surface area contributed by atoms with E-state index >= 15 is 0 Å². The summed E-state index contributed by atoms with van der Waals surface area (Å²) in [5, 5.41) is 18.8. The number of fused-ring (bicyclic) bond motifs is 5. The maximum atomic E-state index is 4.66. The lowest BCUT2D eigenvalue weighted by molar-refractivity contribution is 0.538. The molecule has 25 heavy (non-hydrogen) atoms.